The molecule has 2 aliphatic rings. The van der Waals surface area contributed by atoms with Gasteiger partial charge in [-0.15, -0.1) is 0 Å². The van der Waals surface area contributed by atoms with Crippen LogP contribution in [0.15, 0.2) is 29.3 Å². The molecule has 0 aromatic heterocycles. The van der Waals surface area contributed by atoms with Crippen LogP contribution < -0.4 is 20.3 Å². The summed E-state index contributed by atoms with van der Waals surface area (Å²) in [6, 6.07) is 7.66. The van der Waals surface area contributed by atoms with Crippen molar-refractivity contribution in [3.8, 4) is 5.75 Å². The molecule has 0 spiro atoms. The Morgan fingerprint density at radius 1 is 1.38 bits per heavy atom. The Bertz CT molecular complexity index is 663. The molecule has 2 heterocycles. The normalized spacial score (nSPS) is 24.2. The lowest BCUT2D eigenvalue weighted by molar-refractivity contribution is -0.117. The minimum atomic E-state index is 0.0474. The number of amides is 1. The van der Waals surface area contributed by atoms with Crippen LogP contribution in [0.1, 0.15) is 12.8 Å². The van der Waals surface area contributed by atoms with Crippen molar-refractivity contribution in [2.24, 2.45) is 10.9 Å². The second kappa shape index (κ2) is 8.40. The zero-order valence-corrected chi connectivity index (χ0v) is 15.9. The number of hydrogen-bond acceptors (Lipinski definition) is 4. The number of carbonyl (C=O) groups is 1. The number of methoxy groups -OCH3 is 1. The fourth-order valence-electron chi connectivity index (χ4n) is 3.65. The summed E-state index contributed by atoms with van der Waals surface area (Å²) in [5.41, 5.74) is 0.871. The third kappa shape index (κ3) is 4.46. The predicted molar refractivity (Wildman–Crippen MR) is 104 cm³/mol. The summed E-state index contributed by atoms with van der Waals surface area (Å²) < 4.78 is 5.26. The first kappa shape index (κ1) is 18.5. The largest absolute Gasteiger partial charge is 0.497 e. The number of nitrogens with zero attached hydrogens (tertiary/aromatic N) is 3. The molecule has 2 unspecified atom stereocenters. The fourth-order valence-corrected chi connectivity index (χ4v) is 3.65. The standard InChI is InChI=1S/C19H29N5O2/c1-20-19(21-11-14-7-8-23(2)12-14)22-15-9-18(25)24(13-15)16-5-4-6-17(10-16)26-3/h4-6,10,14-15H,7-9,11-13H2,1-3H3,(H2,20,21,22). The number of likely N-dealkylation sites (tertiary alicyclic amines) is 1. The maximum absolute atomic E-state index is 12.4. The van der Waals surface area contributed by atoms with Gasteiger partial charge in [0.1, 0.15) is 5.75 Å². The van der Waals surface area contributed by atoms with Gasteiger partial charge in [0.2, 0.25) is 5.91 Å². The summed E-state index contributed by atoms with van der Waals surface area (Å²) in [5, 5.41) is 6.80. The number of aliphatic imine (C=N–C) groups is 1. The maximum atomic E-state index is 12.4. The SMILES string of the molecule is CN=C(NCC1CCN(C)C1)NC1CC(=O)N(c2cccc(OC)c2)C1. The van der Waals surface area contributed by atoms with E-state index in [1.54, 1.807) is 19.1 Å². The van der Waals surface area contributed by atoms with Crippen LogP contribution >= 0.6 is 0 Å². The average Bonchev–Trinajstić information content (AvgIpc) is 3.23. The Labute approximate surface area is 155 Å². The first-order valence-corrected chi connectivity index (χ1v) is 9.19. The number of anilines is 1. The van der Waals surface area contributed by atoms with Gasteiger partial charge in [-0.25, -0.2) is 0 Å². The highest BCUT2D eigenvalue weighted by atomic mass is 16.5. The van der Waals surface area contributed by atoms with Gasteiger partial charge in [-0.05, 0) is 38.1 Å². The van der Waals surface area contributed by atoms with Crippen molar-refractivity contribution in [2.75, 3.05) is 52.3 Å². The topological polar surface area (TPSA) is 69.2 Å². The van der Waals surface area contributed by atoms with Gasteiger partial charge in [0.05, 0.1) is 13.2 Å². The van der Waals surface area contributed by atoms with Gasteiger partial charge < -0.3 is 25.2 Å². The van der Waals surface area contributed by atoms with E-state index in [4.69, 9.17) is 4.74 Å². The number of nitrogens with one attached hydrogen (secondary N) is 2. The summed E-state index contributed by atoms with van der Waals surface area (Å²) >= 11 is 0. The molecule has 0 saturated carbocycles. The second-order valence-electron chi connectivity index (χ2n) is 7.12. The lowest BCUT2D eigenvalue weighted by Gasteiger charge is -2.20. The van der Waals surface area contributed by atoms with Gasteiger partial charge in [0.15, 0.2) is 5.96 Å². The van der Waals surface area contributed by atoms with Crippen LogP contribution in [0.3, 0.4) is 0 Å². The van der Waals surface area contributed by atoms with Crippen LogP contribution in [0.25, 0.3) is 0 Å². The minimum absolute atomic E-state index is 0.0474. The quantitative estimate of drug-likeness (QED) is 0.604. The molecule has 0 radical (unpaired) electrons. The Kier molecular flexibility index (Phi) is 5.98. The van der Waals surface area contributed by atoms with E-state index >= 15 is 0 Å². The lowest BCUT2D eigenvalue weighted by Crippen LogP contribution is -2.46. The Hall–Kier alpha value is -2.28. The molecular weight excluding hydrogens is 330 g/mol. The third-order valence-corrected chi connectivity index (χ3v) is 5.10. The monoisotopic (exact) mass is 359 g/mol. The molecule has 1 amide bonds. The van der Waals surface area contributed by atoms with Crippen LogP contribution in [-0.4, -0.2) is 70.2 Å². The number of carbonyl (C=O) groups excluding carboxylic acids is 1. The van der Waals surface area contributed by atoms with Crippen LogP contribution in [0.4, 0.5) is 5.69 Å². The lowest BCUT2D eigenvalue weighted by atomic mass is 10.1. The Morgan fingerprint density at radius 2 is 2.23 bits per heavy atom. The Morgan fingerprint density at radius 3 is 2.92 bits per heavy atom. The molecule has 2 N–H and O–H groups in total. The molecule has 7 nitrogen and oxygen atoms in total. The first-order valence-electron chi connectivity index (χ1n) is 9.19. The van der Waals surface area contributed by atoms with Gasteiger partial charge in [-0.2, -0.15) is 0 Å². The van der Waals surface area contributed by atoms with Crippen LogP contribution in [0, 0.1) is 5.92 Å². The van der Waals surface area contributed by atoms with E-state index in [2.05, 4.69) is 27.6 Å². The smallest absolute Gasteiger partial charge is 0.229 e. The number of benzene rings is 1. The molecular formula is C19H29N5O2. The summed E-state index contributed by atoms with van der Waals surface area (Å²) in [5.74, 6) is 2.29. The minimum Gasteiger partial charge on any atom is -0.497 e. The van der Waals surface area contributed by atoms with E-state index in [-0.39, 0.29) is 11.9 Å². The van der Waals surface area contributed by atoms with Crippen LogP contribution in [0.2, 0.25) is 0 Å². The van der Waals surface area contributed by atoms with Gasteiger partial charge in [0, 0.05) is 44.9 Å². The van der Waals surface area contributed by atoms with E-state index in [9.17, 15) is 4.79 Å². The van der Waals surface area contributed by atoms with Gasteiger partial charge >= 0.3 is 0 Å². The van der Waals surface area contributed by atoms with E-state index in [1.165, 1.54) is 6.42 Å². The molecule has 0 aliphatic carbocycles. The summed E-state index contributed by atoms with van der Waals surface area (Å²) in [4.78, 5) is 20.9. The first-order chi connectivity index (χ1) is 12.6. The summed E-state index contributed by atoms with van der Waals surface area (Å²) in [7, 11) is 5.56. The molecule has 7 heteroatoms. The van der Waals surface area contributed by atoms with Crippen LogP contribution in [-0.2, 0) is 4.79 Å². The molecule has 142 valence electrons. The van der Waals surface area contributed by atoms with E-state index < -0.39 is 0 Å². The fraction of sp³-hybridized carbons (Fsp3) is 0.579. The number of guanidine groups is 1. The molecule has 26 heavy (non-hydrogen) atoms. The number of ether oxygens (including phenoxy) is 1. The van der Waals surface area contributed by atoms with Crippen molar-refractivity contribution in [1.29, 1.82) is 0 Å². The highest BCUT2D eigenvalue weighted by molar-refractivity contribution is 5.97. The van der Waals surface area contributed by atoms with Gasteiger partial charge in [-0.3, -0.25) is 9.79 Å². The van der Waals surface area contributed by atoms with Crippen molar-refractivity contribution >= 4 is 17.6 Å². The molecule has 1 aromatic carbocycles. The van der Waals surface area contributed by atoms with Crippen molar-refractivity contribution < 1.29 is 9.53 Å². The summed E-state index contributed by atoms with van der Waals surface area (Å²) in [6.07, 6.45) is 1.68. The van der Waals surface area contributed by atoms with Gasteiger partial charge in [0.25, 0.3) is 0 Å². The maximum Gasteiger partial charge on any atom is 0.229 e. The zero-order chi connectivity index (χ0) is 18.5. The highest BCUT2D eigenvalue weighted by Gasteiger charge is 2.31. The molecule has 2 atom stereocenters. The third-order valence-electron chi connectivity index (χ3n) is 5.10. The number of hydrogen-bond donors (Lipinski definition) is 2. The predicted octanol–water partition coefficient (Wildman–Crippen LogP) is 0.917. The summed E-state index contributed by atoms with van der Waals surface area (Å²) in [6.45, 7) is 3.81. The van der Waals surface area contributed by atoms with Crippen molar-refractivity contribution in [1.82, 2.24) is 15.5 Å². The molecule has 2 saturated heterocycles. The van der Waals surface area contributed by atoms with Crippen molar-refractivity contribution in [2.45, 2.75) is 18.9 Å². The van der Waals surface area contributed by atoms with E-state index in [0.717, 1.165) is 37.0 Å². The highest BCUT2D eigenvalue weighted by Crippen LogP contribution is 2.25. The van der Waals surface area contributed by atoms with Crippen molar-refractivity contribution in [3.63, 3.8) is 0 Å². The van der Waals surface area contributed by atoms with Gasteiger partial charge in [-0.1, -0.05) is 6.07 Å². The van der Waals surface area contributed by atoms with E-state index in [0.29, 0.717) is 18.9 Å². The molecule has 1 aromatic rings. The molecule has 2 fully saturated rings. The average molecular weight is 359 g/mol. The molecule has 3 rings (SSSR count). The van der Waals surface area contributed by atoms with E-state index in [1.807, 2.05) is 24.3 Å². The zero-order valence-electron chi connectivity index (χ0n) is 15.9. The molecule has 2 aliphatic heterocycles. The van der Waals surface area contributed by atoms with Crippen LogP contribution in [0.5, 0.6) is 5.75 Å². The number of rotatable bonds is 5. The Balaban J connectivity index is 1.54. The van der Waals surface area contributed by atoms with Crippen molar-refractivity contribution in [3.05, 3.63) is 24.3 Å². The molecule has 0 bridgehead atoms. The second-order valence-corrected chi connectivity index (χ2v) is 7.12.